The van der Waals surface area contributed by atoms with Crippen molar-refractivity contribution in [1.82, 2.24) is 3.97 Å². The van der Waals surface area contributed by atoms with E-state index in [0.717, 1.165) is 25.5 Å². The Morgan fingerprint density at radius 3 is 2.52 bits per heavy atom. The van der Waals surface area contributed by atoms with Gasteiger partial charge >= 0.3 is 0 Å². The third kappa shape index (κ3) is 3.60. The van der Waals surface area contributed by atoms with E-state index in [4.69, 9.17) is 5.21 Å². The minimum atomic E-state index is -3.89. The van der Waals surface area contributed by atoms with Crippen LogP contribution in [0.25, 0.3) is 10.9 Å². The number of aromatic nitrogens is 1. The molecule has 1 N–H and O–H groups in total. The number of unbranched alkanes of at least 4 members (excludes halogenated alkanes) is 2. The Balaban J connectivity index is 2.32. The first-order chi connectivity index (χ1) is 13.1. The summed E-state index contributed by atoms with van der Waals surface area (Å²) >= 11 is 0. The lowest BCUT2D eigenvalue weighted by molar-refractivity contribution is 0.321. The van der Waals surface area contributed by atoms with E-state index in [1.165, 1.54) is 16.1 Å². The number of hydrogen-bond donors (Lipinski definition) is 1. The van der Waals surface area contributed by atoms with Gasteiger partial charge in [0.1, 0.15) is 0 Å². The van der Waals surface area contributed by atoms with E-state index in [9.17, 15) is 8.42 Å². The van der Waals surface area contributed by atoms with Gasteiger partial charge in [0.25, 0.3) is 10.0 Å². The maximum Gasteiger partial charge on any atom is 0.268 e. The van der Waals surface area contributed by atoms with Gasteiger partial charge in [-0.15, -0.1) is 0 Å². The van der Waals surface area contributed by atoms with E-state index in [-0.39, 0.29) is 10.6 Å². The Kier molecular flexibility index (Phi) is 5.63. The normalized spacial score (nSPS) is 11.6. The van der Waals surface area contributed by atoms with E-state index in [2.05, 4.69) is 23.9 Å². The van der Waals surface area contributed by atoms with Gasteiger partial charge in [-0.1, -0.05) is 66.7 Å². The Bertz CT molecular complexity index is 1130. The average molecular weight is 380 g/mol. The summed E-state index contributed by atoms with van der Waals surface area (Å²) in [6.07, 6.45) is 3.85. The minimum absolute atomic E-state index is 0.156. The third-order valence-electron chi connectivity index (χ3n) is 4.20. The highest BCUT2D eigenvalue weighted by Crippen LogP contribution is 2.29. The Morgan fingerprint density at radius 1 is 1.11 bits per heavy atom. The Hall–Kier alpha value is -3.04. The lowest BCUT2D eigenvalue weighted by Crippen LogP contribution is -2.16. The molecule has 5 nitrogen and oxygen atoms in total. The maximum absolute atomic E-state index is 13.3. The van der Waals surface area contributed by atoms with Gasteiger partial charge in [0.2, 0.25) is 0 Å². The van der Waals surface area contributed by atoms with Crippen molar-refractivity contribution in [3.63, 3.8) is 0 Å². The Morgan fingerprint density at radius 2 is 1.81 bits per heavy atom. The zero-order valence-electron chi connectivity index (χ0n) is 15.0. The van der Waals surface area contributed by atoms with Crippen LogP contribution in [0.2, 0.25) is 0 Å². The molecule has 0 bridgehead atoms. The van der Waals surface area contributed by atoms with Crippen molar-refractivity contribution < 1.29 is 13.6 Å². The minimum Gasteiger partial charge on any atom is -0.411 e. The van der Waals surface area contributed by atoms with Crippen LogP contribution in [-0.2, 0) is 10.0 Å². The molecule has 0 aliphatic rings. The van der Waals surface area contributed by atoms with Crippen LogP contribution in [0, 0.1) is 11.8 Å². The summed E-state index contributed by atoms with van der Waals surface area (Å²) in [4.78, 5) is 0.156. The van der Waals surface area contributed by atoms with Crippen LogP contribution in [0.4, 0.5) is 0 Å². The molecule has 0 saturated carbocycles. The molecule has 0 atom stereocenters. The summed E-state index contributed by atoms with van der Waals surface area (Å²) in [5.41, 5.74) is 1.28. The molecule has 0 unspecified atom stereocenters. The van der Waals surface area contributed by atoms with Crippen molar-refractivity contribution in [2.24, 2.45) is 5.16 Å². The SMILES string of the molecule is CCCCC#Cc1c(/C=N/O)n(S(=O)(=O)c2ccccc2)c2ccccc12. The topological polar surface area (TPSA) is 71.7 Å². The lowest BCUT2D eigenvalue weighted by atomic mass is 10.1. The van der Waals surface area contributed by atoms with Crippen LogP contribution in [0.3, 0.4) is 0 Å². The number of nitrogens with zero attached hydrogens (tertiary/aromatic N) is 2. The molecule has 0 amide bonds. The fraction of sp³-hybridized carbons (Fsp3) is 0.190. The molecule has 27 heavy (non-hydrogen) atoms. The zero-order chi connectivity index (χ0) is 19.3. The predicted molar refractivity (Wildman–Crippen MR) is 107 cm³/mol. The van der Waals surface area contributed by atoms with Crippen LogP contribution in [0.1, 0.15) is 37.4 Å². The van der Waals surface area contributed by atoms with Crippen LogP contribution >= 0.6 is 0 Å². The lowest BCUT2D eigenvalue weighted by Gasteiger charge is -2.09. The fourth-order valence-electron chi connectivity index (χ4n) is 2.91. The van der Waals surface area contributed by atoms with Gasteiger partial charge in [-0.3, -0.25) is 0 Å². The fourth-order valence-corrected chi connectivity index (χ4v) is 4.43. The van der Waals surface area contributed by atoms with Crippen molar-refractivity contribution in [1.29, 1.82) is 0 Å². The second-order valence-electron chi connectivity index (χ2n) is 6.01. The first-order valence-corrected chi connectivity index (χ1v) is 10.2. The van der Waals surface area contributed by atoms with Gasteiger partial charge < -0.3 is 5.21 Å². The second-order valence-corrected chi connectivity index (χ2v) is 7.80. The summed E-state index contributed by atoms with van der Waals surface area (Å²) in [7, 11) is -3.89. The highest BCUT2D eigenvalue weighted by molar-refractivity contribution is 7.90. The predicted octanol–water partition coefficient (Wildman–Crippen LogP) is 4.23. The summed E-state index contributed by atoms with van der Waals surface area (Å²) < 4.78 is 27.8. The molecular formula is C21H20N2O3S. The number of hydrogen-bond acceptors (Lipinski definition) is 4. The molecule has 6 heteroatoms. The third-order valence-corrected chi connectivity index (χ3v) is 5.94. The molecule has 2 aromatic carbocycles. The molecule has 1 heterocycles. The standard InChI is InChI=1S/C21H20N2O3S/c1-2-3-4-8-13-19-18-14-9-10-15-20(18)23(21(19)16-22-24)27(25,26)17-11-6-5-7-12-17/h5-7,9-12,14-16,24H,2-4H2,1H3/b22-16+. The highest BCUT2D eigenvalue weighted by Gasteiger charge is 2.25. The second kappa shape index (κ2) is 8.11. The van der Waals surface area contributed by atoms with Gasteiger partial charge in [0.05, 0.1) is 27.9 Å². The summed E-state index contributed by atoms with van der Waals surface area (Å²) in [6, 6.07) is 15.3. The smallest absolute Gasteiger partial charge is 0.268 e. The van der Waals surface area contributed by atoms with Gasteiger partial charge in [-0.05, 0) is 24.6 Å². The van der Waals surface area contributed by atoms with Crippen molar-refractivity contribution in [2.45, 2.75) is 31.1 Å². The number of benzene rings is 2. The molecule has 3 rings (SSSR count). The van der Waals surface area contributed by atoms with Crippen LogP contribution in [-0.4, -0.2) is 23.8 Å². The zero-order valence-corrected chi connectivity index (χ0v) is 15.8. The number of para-hydroxylation sites is 1. The summed E-state index contributed by atoms with van der Waals surface area (Å²) in [5.74, 6) is 6.18. The molecule has 1 aromatic heterocycles. The molecule has 0 saturated heterocycles. The maximum atomic E-state index is 13.3. The van der Waals surface area contributed by atoms with Crippen molar-refractivity contribution in [3.8, 4) is 11.8 Å². The number of fused-ring (bicyclic) bond motifs is 1. The van der Waals surface area contributed by atoms with Crippen molar-refractivity contribution in [3.05, 3.63) is 65.9 Å². The van der Waals surface area contributed by atoms with E-state index in [1.807, 2.05) is 12.1 Å². The van der Waals surface area contributed by atoms with Gasteiger partial charge in [0.15, 0.2) is 0 Å². The average Bonchev–Trinajstić information content (AvgIpc) is 3.00. The van der Waals surface area contributed by atoms with E-state index < -0.39 is 10.0 Å². The molecule has 3 aromatic rings. The molecule has 0 aliphatic heterocycles. The van der Waals surface area contributed by atoms with Gasteiger partial charge in [-0.25, -0.2) is 12.4 Å². The molecule has 138 valence electrons. The van der Waals surface area contributed by atoms with Crippen LogP contribution in [0.5, 0.6) is 0 Å². The van der Waals surface area contributed by atoms with E-state index in [1.54, 1.807) is 30.3 Å². The van der Waals surface area contributed by atoms with Gasteiger partial charge in [0, 0.05) is 11.8 Å². The van der Waals surface area contributed by atoms with Gasteiger partial charge in [-0.2, -0.15) is 0 Å². The summed E-state index contributed by atoms with van der Waals surface area (Å²) in [6.45, 7) is 2.09. The molecule has 0 fully saturated rings. The first kappa shape index (κ1) is 18.7. The molecule has 0 aliphatic carbocycles. The van der Waals surface area contributed by atoms with E-state index >= 15 is 0 Å². The molecule has 0 radical (unpaired) electrons. The first-order valence-electron chi connectivity index (χ1n) is 8.71. The number of rotatable bonds is 5. The Labute approximate surface area is 159 Å². The van der Waals surface area contributed by atoms with Crippen molar-refractivity contribution in [2.75, 3.05) is 0 Å². The highest BCUT2D eigenvalue weighted by atomic mass is 32.2. The molecular weight excluding hydrogens is 360 g/mol. The largest absolute Gasteiger partial charge is 0.411 e. The molecule has 0 spiro atoms. The van der Waals surface area contributed by atoms with Crippen LogP contribution < -0.4 is 0 Å². The number of oxime groups is 1. The van der Waals surface area contributed by atoms with Crippen LogP contribution in [0.15, 0.2) is 64.6 Å². The quantitative estimate of drug-likeness (QED) is 0.237. The monoisotopic (exact) mass is 380 g/mol. The van der Waals surface area contributed by atoms with Crippen molar-refractivity contribution >= 4 is 27.1 Å². The van der Waals surface area contributed by atoms with E-state index in [0.29, 0.717) is 16.5 Å². The summed E-state index contributed by atoms with van der Waals surface area (Å²) in [5, 5.41) is 13.0.